The lowest BCUT2D eigenvalue weighted by molar-refractivity contribution is 0.276. The topological polar surface area (TPSA) is 72.3 Å². The normalized spacial score (nSPS) is 10.7. The molecule has 3 aromatic rings. The van der Waals surface area contributed by atoms with Gasteiger partial charge < -0.3 is 13.9 Å². The highest BCUT2D eigenvalue weighted by molar-refractivity contribution is 5.57. The summed E-state index contributed by atoms with van der Waals surface area (Å²) < 4.78 is 10.6. The molecule has 2 heterocycles. The Bertz CT molecular complexity index is 643. The fourth-order valence-electron chi connectivity index (χ4n) is 1.58. The van der Waals surface area contributed by atoms with Gasteiger partial charge in [-0.1, -0.05) is 18.2 Å². The first-order valence-corrected chi connectivity index (χ1v) is 5.43. The van der Waals surface area contributed by atoms with Crippen LogP contribution in [-0.4, -0.2) is 15.1 Å². The summed E-state index contributed by atoms with van der Waals surface area (Å²) in [5.74, 6) is 0.847. The van der Waals surface area contributed by atoms with Crippen LogP contribution < -0.4 is 0 Å². The predicted molar refractivity (Wildman–Crippen MR) is 63.4 cm³/mol. The summed E-state index contributed by atoms with van der Waals surface area (Å²) in [6, 6.07) is 9.56. The van der Waals surface area contributed by atoms with Crippen molar-refractivity contribution in [1.82, 2.24) is 9.97 Å². The summed E-state index contributed by atoms with van der Waals surface area (Å²) in [6.07, 6.45) is 2.88. The van der Waals surface area contributed by atoms with E-state index in [0.29, 0.717) is 23.2 Å². The van der Waals surface area contributed by atoms with Gasteiger partial charge in [-0.25, -0.2) is 9.97 Å². The molecule has 0 radical (unpaired) electrons. The molecule has 0 aliphatic rings. The smallest absolute Gasteiger partial charge is 0.248 e. The van der Waals surface area contributed by atoms with Gasteiger partial charge in [-0.05, 0) is 12.1 Å². The minimum absolute atomic E-state index is 0.160. The van der Waals surface area contributed by atoms with E-state index >= 15 is 0 Å². The second kappa shape index (κ2) is 4.46. The van der Waals surface area contributed by atoms with Gasteiger partial charge in [0, 0.05) is 5.56 Å². The summed E-state index contributed by atoms with van der Waals surface area (Å²) >= 11 is 0. The molecule has 1 N–H and O–H groups in total. The minimum atomic E-state index is -0.160. The molecule has 0 aliphatic carbocycles. The lowest BCUT2D eigenvalue weighted by Crippen LogP contribution is -1.83. The summed E-state index contributed by atoms with van der Waals surface area (Å²) in [5.41, 5.74) is 1.86. The molecule has 90 valence electrons. The van der Waals surface area contributed by atoms with Gasteiger partial charge in [-0.2, -0.15) is 0 Å². The SMILES string of the molecule is OCc1coc(-c2coc(-c3ccccc3)n2)n1. The van der Waals surface area contributed by atoms with E-state index in [2.05, 4.69) is 9.97 Å². The average Bonchev–Trinajstić information content (AvgIpc) is 3.08. The monoisotopic (exact) mass is 242 g/mol. The molecule has 0 bridgehead atoms. The van der Waals surface area contributed by atoms with E-state index in [1.165, 1.54) is 12.5 Å². The number of hydrogen-bond donors (Lipinski definition) is 1. The third-order valence-corrected chi connectivity index (χ3v) is 2.46. The summed E-state index contributed by atoms with van der Waals surface area (Å²) in [5, 5.41) is 8.91. The fraction of sp³-hybridized carbons (Fsp3) is 0.0769. The highest BCUT2D eigenvalue weighted by Gasteiger charge is 2.12. The number of hydrogen-bond acceptors (Lipinski definition) is 5. The van der Waals surface area contributed by atoms with Crippen LogP contribution in [-0.2, 0) is 6.61 Å². The molecule has 0 aliphatic heterocycles. The number of benzene rings is 1. The zero-order valence-corrected chi connectivity index (χ0v) is 9.41. The number of aliphatic hydroxyl groups is 1. The van der Waals surface area contributed by atoms with Gasteiger partial charge in [0.25, 0.3) is 0 Å². The molecule has 0 saturated heterocycles. The third-order valence-electron chi connectivity index (χ3n) is 2.46. The zero-order valence-electron chi connectivity index (χ0n) is 9.41. The second-order valence-corrected chi connectivity index (χ2v) is 3.71. The first-order valence-electron chi connectivity index (χ1n) is 5.43. The van der Waals surface area contributed by atoms with Gasteiger partial charge in [0.1, 0.15) is 18.2 Å². The molecule has 0 atom stereocenters. The van der Waals surface area contributed by atoms with Crippen molar-refractivity contribution < 1.29 is 13.9 Å². The molecule has 5 nitrogen and oxygen atoms in total. The Kier molecular flexibility index (Phi) is 2.66. The van der Waals surface area contributed by atoms with E-state index < -0.39 is 0 Å². The van der Waals surface area contributed by atoms with E-state index in [0.717, 1.165) is 5.56 Å². The van der Waals surface area contributed by atoms with Crippen LogP contribution in [0.4, 0.5) is 0 Å². The molecule has 1 aromatic carbocycles. The quantitative estimate of drug-likeness (QED) is 0.763. The van der Waals surface area contributed by atoms with E-state index in [1.807, 2.05) is 30.3 Å². The van der Waals surface area contributed by atoms with Gasteiger partial charge in [0.15, 0.2) is 5.69 Å². The Morgan fingerprint density at radius 2 is 1.72 bits per heavy atom. The van der Waals surface area contributed by atoms with Crippen LogP contribution in [0.1, 0.15) is 5.69 Å². The first-order chi connectivity index (χ1) is 8.86. The fourth-order valence-corrected chi connectivity index (χ4v) is 1.58. The molecule has 0 amide bonds. The Hall–Kier alpha value is -2.40. The van der Waals surface area contributed by atoms with E-state index in [-0.39, 0.29) is 6.61 Å². The maximum absolute atomic E-state index is 8.91. The van der Waals surface area contributed by atoms with Crippen LogP contribution in [0.5, 0.6) is 0 Å². The third kappa shape index (κ3) is 1.91. The molecule has 5 heteroatoms. The van der Waals surface area contributed by atoms with Gasteiger partial charge in [0.2, 0.25) is 11.8 Å². The van der Waals surface area contributed by atoms with Crippen molar-refractivity contribution in [3.63, 3.8) is 0 Å². The zero-order chi connectivity index (χ0) is 12.4. The minimum Gasteiger partial charge on any atom is -0.444 e. The molecule has 0 spiro atoms. The lowest BCUT2D eigenvalue weighted by atomic mass is 10.2. The lowest BCUT2D eigenvalue weighted by Gasteiger charge is -1.91. The van der Waals surface area contributed by atoms with Crippen molar-refractivity contribution >= 4 is 0 Å². The Morgan fingerprint density at radius 3 is 2.44 bits per heavy atom. The van der Waals surface area contributed by atoms with Crippen LogP contribution >= 0.6 is 0 Å². The van der Waals surface area contributed by atoms with Crippen molar-refractivity contribution in [2.45, 2.75) is 6.61 Å². The van der Waals surface area contributed by atoms with Gasteiger partial charge in [-0.15, -0.1) is 0 Å². The van der Waals surface area contributed by atoms with E-state index in [9.17, 15) is 0 Å². The second-order valence-electron chi connectivity index (χ2n) is 3.71. The predicted octanol–water partition coefficient (Wildman–Crippen LogP) is 2.49. The summed E-state index contributed by atoms with van der Waals surface area (Å²) in [4.78, 5) is 8.36. The van der Waals surface area contributed by atoms with Crippen molar-refractivity contribution in [2.24, 2.45) is 0 Å². The summed E-state index contributed by atoms with van der Waals surface area (Å²) in [6.45, 7) is -0.160. The Morgan fingerprint density at radius 1 is 0.944 bits per heavy atom. The highest BCUT2D eigenvalue weighted by atomic mass is 16.4. The molecule has 0 saturated carbocycles. The van der Waals surface area contributed by atoms with Crippen LogP contribution in [0.25, 0.3) is 23.0 Å². The standard InChI is InChI=1S/C13H10N2O3/c16-6-10-7-17-13(14-10)11-8-18-12(15-11)9-4-2-1-3-5-9/h1-5,7-8,16H,6H2. The largest absolute Gasteiger partial charge is 0.444 e. The van der Waals surface area contributed by atoms with Crippen LogP contribution in [0.3, 0.4) is 0 Å². The van der Waals surface area contributed by atoms with Crippen LogP contribution in [0.2, 0.25) is 0 Å². The van der Waals surface area contributed by atoms with Gasteiger partial charge in [-0.3, -0.25) is 0 Å². The number of oxazole rings is 2. The number of nitrogens with zero attached hydrogens (tertiary/aromatic N) is 2. The van der Waals surface area contributed by atoms with Crippen molar-refractivity contribution in [3.05, 3.63) is 48.6 Å². The molecular weight excluding hydrogens is 232 g/mol. The first kappa shape index (κ1) is 10.7. The van der Waals surface area contributed by atoms with Gasteiger partial charge >= 0.3 is 0 Å². The average molecular weight is 242 g/mol. The molecule has 0 unspecified atom stereocenters. The van der Waals surface area contributed by atoms with Crippen LogP contribution in [0.15, 0.2) is 51.7 Å². The molecule has 2 aromatic heterocycles. The number of aromatic nitrogens is 2. The van der Waals surface area contributed by atoms with Gasteiger partial charge in [0.05, 0.1) is 6.61 Å². The van der Waals surface area contributed by atoms with Crippen LogP contribution in [0, 0.1) is 0 Å². The van der Waals surface area contributed by atoms with Crippen molar-refractivity contribution in [1.29, 1.82) is 0 Å². The Labute approximate surface area is 103 Å². The molecular formula is C13H10N2O3. The Balaban J connectivity index is 1.94. The number of aliphatic hydroxyl groups excluding tert-OH is 1. The maximum Gasteiger partial charge on any atom is 0.248 e. The molecule has 0 fully saturated rings. The van der Waals surface area contributed by atoms with Crippen molar-refractivity contribution in [3.8, 4) is 23.0 Å². The van der Waals surface area contributed by atoms with E-state index in [1.54, 1.807) is 0 Å². The van der Waals surface area contributed by atoms with E-state index in [4.69, 9.17) is 13.9 Å². The maximum atomic E-state index is 8.91. The highest BCUT2D eigenvalue weighted by Crippen LogP contribution is 2.23. The molecule has 3 rings (SSSR count). The number of rotatable bonds is 3. The van der Waals surface area contributed by atoms with Crippen molar-refractivity contribution in [2.75, 3.05) is 0 Å². The molecule has 18 heavy (non-hydrogen) atoms. The summed E-state index contributed by atoms with van der Waals surface area (Å²) in [7, 11) is 0.